The van der Waals surface area contributed by atoms with Gasteiger partial charge < -0.3 is 0 Å². The molecule has 1 aliphatic heterocycles. The first-order chi connectivity index (χ1) is 29.8. The van der Waals surface area contributed by atoms with Gasteiger partial charge in [0, 0.05) is 11.1 Å². The summed E-state index contributed by atoms with van der Waals surface area (Å²) in [4.78, 5) is 5.82. The standard InChI is InChI=1S/C60H55N/c1-38(2)46-35-36-48(47(39(3)4)34-28-40(46)5)43-30-32-44(33-31-43)59-41(6)27-29-45(42-17-8-7-9-18-42)37-57(61-59)52-22-16-26-56-58(52)51-21-12-15-25-55(51)60(56)53-23-13-10-19-49(53)50-20-11-14-24-54(50)60/h7-26,30-40H,27-29H2,1-6H3/b45-37+,46-35-,47-34+,48-36-,59-41+,61-57+. The van der Waals surface area contributed by atoms with E-state index in [1.165, 1.54) is 89.1 Å². The van der Waals surface area contributed by atoms with Gasteiger partial charge >= 0.3 is 0 Å². The van der Waals surface area contributed by atoms with Gasteiger partial charge in [-0.15, -0.1) is 0 Å². The molecule has 0 saturated carbocycles. The first-order valence-corrected chi connectivity index (χ1v) is 22.5. The zero-order valence-electron chi connectivity index (χ0n) is 36.5. The number of hydrogen-bond donors (Lipinski definition) is 0. The average molecular weight is 790 g/mol. The summed E-state index contributed by atoms with van der Waals surface area (Å²) in [5, 5.41) is 0. The number of nitrogens with zero attached hydrogens (tertiary/aromatic N) is 1. The van der Waals surface area contributed by atoms with E-state index in [9.17, 15) is 0 Å². The Hall–Kier alpha value is -6.31. The number of benzene rings is 6. The predicted octanol–water partition coefficient (Wildman–Crippen LogP) is 15.7. The fourth-order valence-corrected chi connectivity index (χ4v) is 11.0. The molecule has 0 bridgehead atoms. The van der Waals surface area contributed by atoms with Gasteiger partial charge in [-0.05, 0) is 128 Å². The van der Waals surface area contributed by atoms with Crippen LogP contribution < -0.4 is 0 Å². The highest BCUT2D eigenvalue weighted by atomic mass is 14.8. The lowest BCUT2D eigenvalue weighted by Gasteiger charge is -2.30. The molecule has 1 atom stereocenters. The monoisotopic (exact) mass is 789 g/mol. The summed E-state index contributed by atoms with van der Waals surface area (Å²) in [6.07, 6.45) is 12.6. The summed E-state index contributed by atoms with van der Waals surface area (Å²) in [5.74, 6) is 1.50. The molecule has 0 fully saturated rings. The Labute approximate surface area is 363 Å². The second-order valence-corrected chi connectivity index (χ2v) is 18.2. The molecule has 1 unspecified atom stereocenters. The van der Waals surface area contributed by atoms with Crippen molar-refractivity contribution >= 4 is 22.6 Å². The summed E-state index contributed by atoms with van der Waals surface area (Å²) in [5.41, 5.74) is 24.0. The summed E-state index contributed by atoms with van der Waals surface area (Å²) in [6.45, 7) is 14.0. The van der Waals surface area contributed by atoms with Crippen LogP contribution >= 0.6 is 0 Å². The van der Waals surface area contributed by atoms with Crippen LogP contribution in [-0.2, 0) is 5.41 Å². The van der Waals surface area contributed by atoms with Crippen molar-refractivity contribution in [3.05, 3.63) is 231 Å². The number of aliphatic imine (C=N–C) groups is 1. The fraction of sp³-hybridized carbons (Fsp3) is 0.217. The molecule has 1 heteroatoms. The topological polar surface area (TPSA) is 12.4 Å². The van der Waals surface area contributed by atoms with Crippen LogP contribution in [0.3, 0.4) is 0 Å². The first-order valence-electron chi connectivity index (χ1n) is 22.5. The third-order valence-corrected chi connectivity index (χ3v) is 13.9. The molecular weight excluding hydrogens is 735 g/mol. The van der Waals surface area contributed by atoms with Gasteiger partial charge in [0.25, 0.3) is 0 Å². The third-order valence-electron chi connectivity index (χ3n) is 13.9. The van der Waals surface area contributed by atoms with Crippen molar-refractivity contribution in [1.29, 1.82) is 0 Å². The molecule has 0 amide bonds. The van der Waals surface area contributed by atoms with Crippen LogP contribution in [0.15, 0.2) is 192 Å². The highest BCUT2D eigenvalue weighted by Crippen LogP contribution is 2.63. The van der Waals surface area contributed by atoms with Crippen LogP contribution in [-0.4, -0.2) is 5.71 Å². The predicted molar refractivity (Wildman–Crippen MR) is 260 cm³/mol. The van der Waals surface area contributed by atoms with E-state index in [4.69, 9.17) is 4.99 Å². The maximum atomic E-state index is 5.82. The van der Waals surface area contributed by atoms with Gasteiger partial charge in [-0.3, -0.25) is 0 Å². The Morgan fingerprint density at radius 3 is 1.77 bits per heavy atom. The molecule has 300 valence electrons. The Balaban J connectivity index is 1.16. The van der Waals surface area contributed by atoms with Gasteiger partial charge in [-0.1, -0.05) is 204 Å². The molecule has 10 rings (SSSR count). The Morgan fingerprint density at radius 1 is 0.541 bits per heavy atom. The smallest absolute Gasteiger partial charge is 0.0725 e. The molecule has 61 heavy (non-hydrogen) atoms. The maximum absolute atomic E-state index is 5.82. The van der Waals surface area contributed by atoms with E-state index in [-0.39, 0.29) is 0 Å². The van der Waals surface area contributed by atoms with Crippen LogP contribution in [0.2, 0.25) is 0 Å². The summed E-state index contributed by atoms with van der Waals surface area (Å²) < 4.78 is 0. The van der Waals surface area contributed by atoms with Crippen molar-refractivity contribution in [2.75, 3.05) is 0 Å². The third kappa shape index (κ3) is 6.40. The van der Waals surface area contributed by atoms with E-state index in [2.05, 4.69) is 211 Å². The highest BCUT2D eigenvalue weighted by Gasteiger charge is 2.52. The lowest BCUT2D eigenvalue weighted by Crippen LogP contribution is -2.25. The molecule has 4 aliphatic rings. The maximum Gasteiger partial charge on any atom is 0.0725 e. The summed E-state index contributed by atoms with van der Waals surface area (Å²) >= 11 is 0. The first kappa shape index (κ1) is 38.9. The molecule has 6 aromatic carbocycles. The van der Waals surface area contributed by atoms with Crippen LogP contribution in [0.1, 0.15) is 105 Å². The Kier molecular flexibility index (Phi) is 9.95. The minimum absolute atomic E-state index is 0.411. The van der Waals surface area contributed by atoms with Gasteiger partial charge in [0.1, 0.15) is 0 Å². The van der Waals surface area contributed by atoms with E-state index >= 15 is 0 Å². The summed E-state index contributed by atoms with van der Waals surface area (Å²) in [7, 11) is 0. The number of rotatable bonds is 6. The van der Waals surface area contributed by atoms with Gasteiger partial charge in [0.05, 0.1) is 16.8 Å². The lowest BCUT2D eigenvalue weighted by atomic mass is 9.70. The largest absolute Gasteiger partial charge is 0.248 e. The Morgan fingerprint density at radius 2 is 1.11 bits per heavy atom. The molecule has 1 spiro atoms. The van der Waals surface area contributed by atoms with Crippen molar-refractivity contribution in [2.24, 2.45) is 22.7 Å². The number of hydrogen-bond acceptors (Lipinski definition) is 1. The fourth-order valence-electron chi connectivity index (χ4n) is 11.0. The van der Waals surface area contributed by atoms with Gasteiger partial charge in [-0.25, -0.2) is 4.99 Å². The number of fused-ring (bicyclic) bond motifs is 10. The van der Waals surface area contributed by atoms with Crippen molar-refractivity contribution < 1.29 is 0 Å². The van der Waals surface area contributed by atoms with Crippen molar-refractivity contribution in [2.45, 2.75) is 66.2 Å². The van der Waals surface area contributed by atoms with Crippen molar-refractivity contribution in [3.8, 4) is 22.3 Å². The zero-order chi connectivity index (χ0) is 41.8. The number of allylic oxidation sites excluding steroid dienone is 9. The SMILES string of the molecule is C\C1=C(c2ccc(C3=C/C=C(/C(C)C)C(C)C\C=C\3C(C)C)cc2)/N=C(c2cccc3c2-c2ccccc2C32c3ccccc3-c3ccccc32)\C=C(\c2ccccc2)CC1. The van der Waals surface area contributed by atoms with Gasteiger partial charge in [0.2, 0.25) is 0 Å². The highest BCUT2D eigenvalue weighted by molar-refractivity contribution is 6.19. The van der Waals surface area contributed by atoms with Crippen LogP contribution in [0.4, 0.5) is 0 Å². The minimum atomic E-state index is -0.411. The second kappa shape index (κ2) is 15.6. The molecule has 0 saturated heterocycles. The van der Waals surface area contributed by atoms with E-state index in [0.717, 1.165) is 36.2 Å². The average Bonchev–Trinajstić information content (AvgIpc) is 3.75. The molecule has 3 aliphatic carbocycles. The van der Waals surface area contributed by atoms with Crippen molar-refractivity contribution in [3.63, 3.8) is 0 Å². The molecule has 0 radical (unpaired) electrons. The quantitative estimate of drug-likeness (QED) is 0.159. The van der Waals surface area contributed by atoms with E-state index in [1.54, 1.807) is 0 Å². The van der Waals surface area contributed by atoms with Crippen LogP contribution in [0.25, 0.3) is 39.1 Å². The molecule has 0 aromatic heterocycles. The molecule has 0 N–H and O–H groups in total. The molecule has 1 nitrogen and oxygen atoms in total. The lowest BCUT2D eigenvalue weighted by molar-refractivity contribution is 0.585. The molecule has 6 aromatic rings. The molecular formula is C60H55N. The van der Waals surface area contributed by atoms with Gasteiger partial charge in [-0.2, -0.15) is 0 Å². The van der Waals surface area contributed by atoms with Crippen LogP contribution in [0.5, 0.6) is 0 Å². The summed E-state index contributed by atoms with van der Waals surface area (Å²) in [6, 6.07) is 54.4. The van der Waals surface area contributed by atoms with E-state index in [0.29, 0.717) is 17.8 Å². The zero-order valence-corrected chi connectivity index (χ0v) is 36.5. The van der Waals surface area contributed by atoms with E-state index in [1.807, 2.05) is 0 Å². The Bertz CT molecular complexity index is 2840. The molecule has 1 heterocycles. The minimum Gasteiger partial charge on any atom is -0.248 e. The van der Waals surface area contributed by atoms with E-state index < -0.39 is 5.41 Å². The normalized spacial score (nSPS) is 23.3. The van der Waals surface area contributed by atoms with Crippen molar-refractivity contribution in [1.82, 2.24) is 0 Å². The second-order valence-electron chi connectivity index (χ2n) is 18.2. The van der Waals surface area contributed by atoms with Gasteiger partial charge in [0.15, 0.2) is 0 Å². The van der Waals surface area contributed by atoms with Crippen LogP contribution in [0, 0.1) is 17.8 Å².